The molecule has 0 aliphatic rings. The molecular weight excluding hydrogens is 344 g/mol. The van der Waals surface area contributed by atoms with Gasteiger partial charge in [0, 0.05) is 5.02 Å². The lowest BCUT2D eigenvalue weighted by atomic mass is 10.1. The van der Waals surface area contributed by atoms with Crippen molar-refractivity contribution in [2.75, 3.05) is 13.7 Å². The third kappa shape index (κ3) is 5.12. The minimum atomic E-state index is -0.403. The minimum absolute atomic E-state index is 0.00501. The van der Waals surface area contributed by atoms with Gasteiger partial charge in [0.05, 0.1) is 13.3 Å². The monoisotopic (exact) mass is 362 g/mol. The number of hydrogen-bond acceptors (Lipinski definition) is 5. The molecule has 25 heavy (non-hydrogen) atoms. The molecule has 2 aromatic rings. The van der Waals surface area contributed by atoms with Gasteiger partial charge >= 0.3 is 0 Å². The van der Waals surface area contributed by atoms with Gasteiger partial charge in [-0.25, -0.2) is 5.43 Å². The number of hydrogen-bond donors (Lipinski definition) is 2. The number of benzene rings is 2. The summed E-state index contributed by atoms with van der Waals surface area (Å²) in [4.78, 5) is 11.8. The summed E-state index contributed by atoms with van der Waals surface area (Å²) in [6.07, 6.45) is 1.41. The number of nitrogens with one attached hydrogen (secondary N) is 1. The molecule has 7 heteroatoms. The zero-order valence-corrected chi connectivity index (χ0v) is 14.9. The molecular formula is C18H19ClN2O4. The number of phenols is 1. The van der Waals surface area contributed by atoms with Crippen molar-refractivity contribution in [3.05, 3.63) is 52.0 Å². The zero-order chi connectivity index (χ0) is 18.4. The van der Waals surface area contributed by atoms with Crippen LogP contribution in [0.5, 0.6) is 17.2 Å². The fraction of sp³-hybridized carbons (Fsp3) is 0.222. The van der Waals surface area contributed by atoms with Crippen LogP contribution in [0, 0.1) is 13.8 Å². The first-order valence-electron chi connectivity index (χ1n) is 7.49. The predicted octanol–water partition coefficient (Wildman–Crippen LogP) is 3.20. The summed E-state index contributed by atoms with van der Waals surface area (Å²) < 4.78 is 10.4. The molecule has 2 rings (SSSR count). The molecule has 0 aliphatic heterocycles. The maximum absolute atomic E-state index is 11.8. The number of phenolic OH excluding ortho intramolecular Hbond substituents is 1. The van der Waals surface area contributed by atoms with Crippen molar-refractivity contribution in [3.63, 3.8) is 0 Å². The summed E-state index contributed by atoms with van der Waals surface area (Å²) in [5.41, 5.74) is 4.74. The maximum Gasteiger partial charge on any atom is 0.277 e. The van der Waals surface area contributed by atoms with Crippen molar-refractivity contribution in [2.24, 2.45) is 5.10 Å². The van der Waals surface area contributed by atoms with Crippen LogP contribution in [0.1, 0.15) is 16.7 Å². The molecule has 0 heterocycles. The summed E-state index contributed by atoms with van der Waals surface area (Å²) in [6, 6.07) is 8.32. The molecule has 0 radical (unpaired) electrons. The molecule has 0 fully saturated rings. The Balaban J connectivity index is 1.87. The minimum Gasteiger partial charge on any atom is -0.504 e. The summed E-state index contributed by atoms with van der Waals surface area (Å²) in [6.45, 7) is 3.57. The van der Waals surface area contributed by atoms with Crippen LogP contribution in [0.2, 0.25) is 5.02 Å². The zero-order valence-electron chi connectivity index (χ0n) is 14.2. The average Bonchev–Trinajstić information content (AvgIpc) is 2.58. The van der Waals surface area contributed by atoms with Gasteiger partial charge in [-0.2, -0.15) is 5.10 Å². The van der Waals surface area contributed by atoms with Crippen molar-refractivity contribution in [1.82, 2.24) is 5.43 Å². The maximum atomic E-state index is 11.8. The number of hydrazone groups is 1. The summed E-state index contributed by atoms with van der Waals surface area (Å²) in [5, 5.41) is 14.2. The topological polar surface area (TPSA) is 80.2 Å². The van der Waals surface area contributed by atoms with Gasteiger partial charge in [0.25, 0.3) is 5.91 Å². The Hall–Kier alpha value is -2.73. The second-order valence-electron chi connectivity index (χ2n) is 5.38. The van der Waals surface area contributed by atoms with Crippen LogP contribution in [0.4, 0.5) is 0 Å². The second-order valence-corrected chi connectivity index (χ2v) is 5.76. The number of nitrogens with zero attached hydrogens (tertiary/aromatic N) is 1. The van der Waals surface area contributed by atoms with Crippen LogP contribution in [0.15, 0.2) is 35.4 Å². The Morgan fingerprint density at radius 3 is 2.56 bits per heavy atom. The fourth-order valence-electron chi connectivity index (χ4n) is 2.14. The van der Waals surface area contributed by atoms with Crippen molar-refractivity contribution in [2.45, 2.75) is 13.8 Å². The number of rotatable bonds is 6. The van der Waals surface area contributed by atoms with E-state index in [2.05, 4.69) is 10.5 Å². The van der Waals surface area contributed by atoms with E-state index in [1.165, 1.54) is 19.4 Å². The predicted molar refractivity (Wildman–Crippen MR) is 96.8 cm³/mol. The Labute approximate surface area is 151 Å². The standard InChI is InChI=1S/C18H19ClN2O4/c1-11-6-14(7-12(2)18(11)19)25-10-17(23)21-20-9-13-4-5-16(24-3)15(22)8-13/h4-9,22H,10H2,1-3H3,(H,21,23)/b20-9+. The lowest BCUT2D eigenvalue weighted by Crippen LogP contribution is -2.24. The van der Waals surface area contributed by atoms with Gasteiger partial charge < -0.3 is 14.6 Å². The van der Waals surface area contributed by atoms with Crippen molar-refractivity contribution < 1.29 is 19.4 Å². The van der Waals surface area contributed by atoms with E-state index >= 15 is 0 Å². The molecule has 0 spiro atoms. The van der Waals surface area contributed by atoms with Gasteiger partial charge in [0.2, 0.25) is 0 Å². The van der Waals surface area contributed by atoms with Gasteiger partial charge in [-0.15, -0.1) is 0 Å². The molecule has 0 saturated carbocycles. The Bertz CT molecular complexity index is 783. The Morgan fingerprint density at radius 1 is 1.28 bits per heavy atom. The fourth-order valence-corrected chi connectivity index (χ4v) is 2.25. The van der Waals surface area contributed by atoms with E-state index in [4.69, 9.17) is 21.1 Å². The number of methoxy groups -OCH3 is 1. The summed E-state index contributed by atoms with van der Waals surface area (Å²) >= 11 is 6.09. The average molecular weight is 363 g/mol. The molecule has 2 N–H and O–H groups in total. The highest BCUT2D eigenvalue weighted by Crippen LogP contribution is 2.26. The van der Waals surface area contributed by atoms with Gasteiger partial charge in [-0.05, 0) is 60.9 Å². The molecule has 0 aliphatic carbocycles. The number of halogens is 1. The third-order valence-electron chi connectivity index (χ3n) is 3.39. The Morgan fingerprint density at radius 2 is 1.96 bits per heavy atom. The Kier molecular flexibility index (Phi) is 6.25. The SMILES string of the molecule is COc1ccc(/C=N/NC(=O)COc2cc(C)c(Cl)c(C)c2)cc1O. The lowest BCUT2D eigenvalue weighted by Gasteiger charge is -2.09. The van der Waals surface area contributed by atoms with E-state index < -0.39 is 5.91 Å². The normalized spacial score (nSPS) is 10.7. The van der Waals surface area contributed by atoms with E-state index in [1.807, 2.05) is 13.8 Å². The van der Waals surface area contributed by atoms with E-state index in [9.17, 15) is 9.90 Å². The first kappa shape index (κ1) is 18.6. The quantitative estimate of drug-likeness (QED) is 0.611. The van der Waals surface area contributed by atoms with E-state index in [0.717, 1.165) is 11.1 Å². The number of ether oxygens (including phenoxy) is 2. The molecule has 0 aromatic heterocycles. The lowest BCUT2D eigenvalue weighted by molar-refractivity contribution is -0.123. The van der Waals surface area contributed by atoms with Gasteiger partial charge in [-0.3, -0.25) is 4.79 Å². The largest absolute Gasteiger partial charge is 0.504 e. The number of aromatic hydroxyl groups is 1. The van der Waals surface area contributed by atoms with Crippen LogP contribution in [0.3, 0.4) is 0 Å². The second kappa shape index (κ2) is 8.39. The van der Waals surface area contributed by atoms with E-state index in [-0.39, 0.29) is 12.4 Å². The van der Waals surface area contributed by atoms with Gasteiger partial charge in [0.1, 0.15) is 5.75 Å². The third-order valence-corrected chi connectivity index (χ3v) is 3.98. The summed E-state index contributed by atoms with van der Waals surface area (Å²) in [7, 11) is 1.46. The van der Waals surface area contributed by atoms with Crippen molar-refractivity contribution >= 4 is 23.7 Å². The first-order chi connectivity index (χ1) is 11.9. The molecule has 6 nitrogen and oxygen atoms in total. The van der Waals surface area contributed by atoms with Crippen LogP contribution in [-0.4, -0.2) is 30.9 Å². The summed E-state index contributed by atoms with van der Waals surface area (Å²) in [5.74, 6) is 0.524. The van der Waals surface area contributed by atoms with Crippen LogP contribution < -0.4 is 14.9 Å². The first-order valence-corrected chi connectivity index (χ1v) is 7.87. The molecule has 0 unspecified atom stereocenters. The van der Waals surface area contributed by atoms with Gasteiger partial charge in [-0.1, -0.05) is 11.6 Å². The van der Waals surface area contributed by atoms with E-state index in [0.29, 0.717) is 22.1 Å². The molecule has 132 valence electrons. The smallest absolute Gasteiger partial charge is 0.277 e. The highest BCUT2D eigenvalue weighted by atomic mass is 35.5. The number of amides is 1. The van der Waals surface area contributed by atoms with Crippen LogP contribution in [-0.2, 0) is 4.79 Å². The van der Waals surface area contributed by atoms with Crippen LogP contribution >= 0.6 is 11.6 Å². The molecule has 0 bridgehead atoms. The molecule has 0 saturated heterocycles. The molecule has 0 atom stereocenters. The van der Waals surface area contributed by atoms with Crippen LogP contribution in [0.25, 0.3) is 0 Å². The number of aryl methyl sites for hydroxylation is 2. The molecule has 2 aromatic carbocycles. The number of carbonyl (C=O) groups excluding carboxylic acids is 1. The number of carbonyl (C=O) groups is 1. The van der Waals surface area contributed by atoms with Crippen molar-refractivity contribution in [1.29, 1.82) is 0 Å². The van der Waals surface area contributed by atoms with E-state index in [1.54, 1.807) is 24.3 Å². The van der Waals surface area contributed by atoms with Gasteiger partial charge in [0.15, 0.2) is 18.1 Å². The van der Waals surface area contributed by atoms with Crippen molar-refractivity contribution in [3.8, 4) is 17.2 Å². The highest BCUT2D eigenvalue weighted by Gasteiger charge is 2.06. The highest BCUT2D eigenvalue weighted by molar-refractivity contribution is 6.32. The molecule has 1 amide bonds.